The molecule has 84 valence electrons. The van der Waals surface area contributed by atoms with Crippen LogP contribution in [0.4, 0.5) is 0 Å². The van der Waals surface area contributed by atoms with Gasteiger partial charge >= 0.3 is 0 Å². The van der Waals surface area contributed by atoms with Gasteiger partial charge in [0.2, 0.25) is 5.82 Å². The number of carbonyl (C=O) groups excluding carboxylic acids is 1. The van der Waals surface area contributed by atoms with Crippen molar-refractivity contribution in [1.29, 1.82) is 0 Å². The van der Waals surface area contributed by atoms with Crippen LogP contribution >= 0.6 is 0 Å². The Hall–Kier alpha value is -1.43. The number of rotatable bonds is 6. The lowest BCUT2D eigenvalue weighted by Gasteiger charge is -2.02. The Kier molecular flexibility index (Phi) is 4.76. The molecule has 15 heavy (non-hydrogen) atoms. The zero-order chi connectivity index (χ0) is 11.1. The Balaban J connectivity index is 2.19. The summed E-state index contributed by atoms with van der Waals surface area (Å²) in [5.74, 6) is 0.625. The van der Waals surface area contributed by atoms with Crippen LogP contribution in [0.5, 0.6) is 0 Å². The van der Waals surface area contributed by atoms with Crippen molar-refractivity contribution < 1.29 is 4.79 Å². The van der Waals surface area contributed by atoms with Crippen LogP contribution in [-0.2, 0) is 0 Å². The largest absolute Gasteiger partial charge is 0.349 e. The monoisotopic (exact) mass is 211 g/mol. The number of aromatic amines is 1. The van der Waals surface area contributed by atoms with Crippen LogP contribution in [0.15, 0.2) is 0 Å². The van der Waals surface area contributed by atoms with Crippen LogP contribution in [0.2, 0.25) is 0 Å². The summed E-state index contributed by atoms with van der Waals surface area (Å²) in [5.41, 5.74) is 0. The first-order valence-electron chi connectivity index (χ1n) is 5.12. The summed E-state index contributed by atoms with van der Waals surface area (Å²) in [6.45, 7) is 6.31. The van der Waals surface area contributed by atoms with E-state index < -0.39 is 0 Å². The molecule has 0 atom stereocenters. The maximum absolute atomic E-state index is 11.4. The lowest BCUT2D eigenvalue weighted by molar-refractivity contribution is 0.0943. The summed E-state index contributed by atoms with van der Waals surface area (Å²) in [6, 6.07) is 0. The molecule has 0 aliphatic rings. The number of nitrogens with zero attached hydrogens (tertiary/aromatic N) is 2. The second kappa shape index (κ2) is 6.13. The first-order valence-corrected chi connectivity index (χ1v) is 5.12. The van der Waals surface area contributed by atoms with E-state index in [1.165, 1.54) is 0 Å². The molecular weight excluding hydrogens is 194 g/mol. The minimum atomic E-state index is -0.226. The summed E-state index contributed by atoms with van der Waals surface area (Å²) in [6.07, 6.45) is 0.906. The van der Waals surface area contributed by atoms with Crippen molar-refractivity contribution in [1.82, 2.24) is 25.8 Å². The van der Waals surface area contributed by atoms with Gasteiger partial charge in [-0.3, -0.25) is 9.89 Å². The highest BCUT2D eigenvalue weighted by Crippen LogP contribution is 1.89. The fourth-order valence-corrected chi connectivity index (χ4v) is 1.12. The van der Waals surface area contributed by atoms with Crippen molar-refractivity contribution in [2.45, 2.75) is 20.3 Å². The Morgan fingerprint density at radius 3 is 2.87 bits per heavy atom. The predicted octanol–water partition coefficient (Wildman–Crippen LogP) is -0.157. The highest BCUT2D eigenvalue weighted by Gasteiger charge is 2.09. The predicted molar refractivity (Wildman–Crippen MR) is 56.6 cm³/mol. The average molecular weight is 211 g/mol. The number of nitrogens with one attached hydrogen (secondary N) is 3. The number of H-pyrrole nitrogens is 1. The number of aromatic nitrogens is 3. The van der Waals surface area contributed by atoms with Gasteiger partial charge in [0.25, 0.3) is 5.91 Å². The molecule has 0 unspecified atom stereocenters. The summed E-state index contributed by atoms with van der Waals surface area (Å²) in [4.78, 5) is 15.3. The molecule has 3 N–H and O–H groups in total. The lowest BCUT2D eigenvalue weighted by Crippen LogP contribution is -2.28. The van der Waals surface area contributed by atoms with Crippen molar-refractivity contribution in [3.05, 3.63) is 11.6 Å². The van der Waals surface area contributed by atoms with Crippen molar-refractivity contribution >= 4 is 5.91 Å². The fraction of sp³-hybridized carbons (Fsp3) is 0.667. The number of hydrogen-bond acceptors (Lipinski definition) is 4. The molecule has 1 heterocycles. The van der Waals surface area contributed by atoms with Gasteiger partial charge in [-0.15, -0.1) is 5.10 Å². The van der Waals surface area contributed by atoms with Gasteiger partial charge in [-0.25, -0.2) is 4.98 Å². The van der Waals surface area contributed by atoms with E-state index in [1.54, 1.807) is 6.92 Å². The van der Waals surface area contributed by atoms with Crippen LogP contribution in [0, 0.1) is 6.92 Å². The molecule has 6 heteroatoms. The Bertz CT molecular complexity index is 309. The van der Waals surface area contributed by atoms with Crippen molar-refractivity contribution in [2.75, 3.05) is 19.6 Å². The first-order chi connectivity index (χ1) is 7.24. The van der Waals surface area contributed by atoms with Crippen LogP contribution in [0.25, 0.3) is 0 Å². The van der Waals surface area contributed by atoms with Gasteiger partial charge in [0.1, 0.15) is 5.82 Å². The lowest BCUT2D eigenvalue weighted by atomic mass is 10.4. The molecule has 0 bridgehead atoms. The SMILES string of the molecule is CCNCCCNC(=O)c1n[nH]c(C)n1. The highest BCUT2D eigenvalue weighted by molar-refractivity contribution is 5.90. The van der Waals surface area contributed by atoms with E-state index in [2.05, 4.69) is 32.7 Å². The topological polar surface area (TPSA) is 82.7 Å². The summed E-state index contributed by atoms with van der Waals surface area (Å²) < 4.78 is 0. The van der Waals surface area contributed by atoms with Crippen LogP contribution in [-0.4, -0.2) is 40.7 Å². The van der Waals surface area contributed by atoms with Gasteiger partial charge in [-0.05, 0) is 26.4 Å². The van der Waals surface area contributed by atoms with E-state index in [0.29, 0.717) is 12.4 Å². The highest BCUT2D eigenvalue weighted by atomic mass is 16.2. The Morgan fingerprint density at radius 1 is 1.47 bits per heavy atom. The van der Waals surface area contributed by atoms with Gasteiger partial charge in [-0.2, -0.15) is 0 Å². The third-order valence-electron chi connectivity index (χ3n) is 1.87. The summed E-state index contributed by atoms with van der Waals surface area (Å²) in [5, 5.41) is 12.3. The van der Waals surface area contributed by atoms with E-state index in [4.69, 9.17) is 0 Å². The molecule has 6 nitrogen and oxygen atoms in total. The number of amides is 1. The smallest absolute Gasteiger partial charge is 0.290 e. The third-order valence-corrected chi connectivity index (χ3v) is 1.87. The van der Waals surface area contributed by atoms with E-state index in [1.807, 2.05) is 0 Å². The number of carbonyl (C=O) groups is 1. The van der Waals surface area contributed by atoms with Crippen molar-refractivity contribution in [2.24, 2.45) is 0 Å². The first kappa shape index (κ1) is 11.6. The van der Waals surface area contributed by atoms with E-state index in [9.17, 15) is 4.79 Å². The molecule has 1 aromatic heterocycles. The van der Waals surface area contributed by atoms with Gasteiger partial charge in [-0.1, -0.05) is 6.92 Å². The molecule has 0 saturated carbocycles. The quantitative estimate of drug-likeness (QED) is 0.571. The fourth-order valence-electron chi connectivity index (χ4n) is 1.12. The van der Waals surface area contributed by atoms with Crippen molar-refractivity contribution in [3.63, 3.8) is 0 Å². The second-order valence-electron chi connectivity index (χ2n) is 3.21. The zero-order valence-corrected chi connectivity index (χ0v) is 9.13. The molecule has 0 saturated heterocycles. The molecule has 0 aliphatic carbocycles. The van der Waals surface area contributed by atoms with Crippen LogP contribution < -0.4 is 10.6 Å². The molecule has 0 spiro atoms. The maximum Gasteiger partial charge on any atom is 0.290 e. The van der Waals surface area contributed by atoms with Crippen molar-refractivity contribution in [3.8, 4) is 0 Å². The van der Waals surface area contributed by atoms with Gasteiger partial charge in [0.05, 0.1) is 0 Å². The molecule has 1 amide bonds. The standard InChI is InChI=1S/C9H17N5O/c1-3-10-5-4-6-11-9(15)8-12-7(2)13-14-8/h10H,3-6H2,1-2H3,(H,11,15)(H,12,13,14). The van der Waals surface area contributed by atoms with Gasteiger partial charge in [0.15, 0.2) is 0 Å². The Labute approximate surface area is 88.9 Å². The minimum absolute atomic E-state index is 0.205. The number of aryl methyl sites for hydroxylation is 1. The zero-order valence-electron chi connectivity index (χ0n) is 9.13. The normalized spacial score (nSPS) is 10.3. The molecule has 0 radical (unpaired) electrons. The Morgan fingerprint density at radius 2 is 2.27 bits per heavy atom. The molecule has 1 rings (SSSR count). The minimum Gasteiger partial charge on any atom is -0.349 e. The molecule has 0 fully saturated rings. The van der Waals surface area contributed by atoms with Gasteiger partial charge < -0.3 is 10.6 Å². The molecule has 0 aliphatic heterocycles. The summed E-state index contributed by atoms with van der Waals surface area (Å²) >= 11 is 0. The van der Waals surface area contributed by atoms with Crippen LogP contribution in [0.3, 0.4) is 0 Å². The van der Waals surface area contributed by atoms with Crippen LogP contribution in [0.1, 0.15) is 29.8 Å². The maximum atomic E-state index is 11.4. The second-order valence-corrected chi connectivity index (χ2v) is 3.21. The number of hydrogen-bond donors (Lipinski definition) is 3. The average Bonchev–Trinajstić information content (AvgIpc) is 2.64. The van der Waals surface area contributed by atoms with E-state index in [-0.39, 0.29) is 11.7 Å². The van der Waals surface area contributed by atoms with E-state index in [0.717, 1.165) is 19.5 Å². The molecule has 1 aromatic rings. The van der Waals surface area contributed by atoms with E-state index >= 15 is 0 Å². The molecular formula is C9H17N5O. The molecule has 0 aromatic carbocycles. The summed E-state index contributed by atoms with van der Waals surface area (Å²) in [7, 11) is 0. The van der Waals surface area contributed by atoms with Gasteiger partial charge in [0, 0.05) is 6.54 Å². The third kappa shape index (κ3) is 4.07.